The molecular weight excluding hydrogens is 457 g/mol. The summed E-state index contributed by atoms with van der Waals surface area (Å²) < 4.78 is 6.36. The number of rotatable bonds is 3. The first-order chi connectivity index (χ1) is 17.7. The molecule has 0 aliphatic carbocycles. The number of nitrogens with zero attached hydrogens (tertiary/aromatic N) is 1. The SMILES string of the molecule is Cc1ccccc1N(c1ccccc1C)c1cccc2c1Sc1cccc3c1B2c1ccccc1O3. The lowest BCUT2D eigenvalue weighted by atomic mass is 9.35. The first kappa shape index (κ1) is 21.4. The number of hydrogen-bond donors (Lipinski definition) is 0. The Morgan fingerprint density at radius 3 is 1.92 bits per heavy atom. The van der Waals surface area contributed by atoms with Crippen molar-refractivity contribution in [3.63, 3.8) is 0 Å². The topological polar surface area (TPSA) is 12.5 Å². The summed E-state index contributed by atoms with van der Waals surface area (Å²) in [5, 5.41) is 0. The third-order valence-corrected chi connectivity index (χ3v) is 8.49. The first-order valence-corrected chi connectivity index (χ1v) is 13.1. The molecule has 0 saturated heterocycles. The van der Waals surface area contributed by atoms with Crippen LogP contribution < -0.4 is 26.0 Å². The van der Waals surface area contributed by atoms with E-state index in [9.17, 15) is 0 Å². The van der Waals surface area contributed by atoms with E-state index < -0.39 is 0 Å². The molecule has 36 heavy (non-hydrogen) atoms. The normalized spacial score (nSPS) is 12.8. The highest BCUT2D eigenvalue weighted by molar-refractivity contribution is 8.00. The molecule has 0 N–H and O–H groups in total. The van der Waals surface area contributed by atoms with Gasteiger partial charge in [-0.05, 0) is 72.3 Å². The van der Waals surface area contributed by atoms with Crippen LogP contribution in [0.3, 0.4) is 0 Å². The Labute approximate surface area is 216 Å². The van der Waals surface area contributed by atoms with Gasteiger partial charge < -0.3 is 9.64 Å². The zero-order valence-corrected chi connectivity index (χ0v) is 21.0. The number of para-hydroxylation sites is 3. The minimum atomic E-state index is 0.146. The molecule has 5 aromatic carbocycles. The molecule has 0 unspecified atom stereocenters. The predicted octanol–water partition coefficient (Wildman–Crippen LogP) is 6.86. The average molecular weight is 481 g/mol. The number of benzene rings is 5. The molecule has 7 rings (SSSR count). The van der Waals surface area contributed by atoms with Crippen LogP contribution in [0.5, 0.6) is 11.5 Å². The van der Waals surface area contributed by atoms with Gasteiger partial charge in [0.05, 0.1) is 5.69 Å². The lowest BCUT2D eigenvalue weighted by Gasteiger charge is -2.36. The van der Waals surface area contributed by atoms with Crippen LogP contribution in [0.4, 0.5) is 17.1 Å². The molecule has 0 radical (unpaired) electrons. The minimum absolute atomic E-state index is 0.146. The van der Waals surface area contributed by atoms with Crippen LogP contribution in [-0.2, 0) is 0 Å². The lowest BCUT2D eigenvalue weighted by Crippen LogP contribution is -2.57. The fourth-order valence-electron chi connectivity index (χ4n) is 5.58. The van der Waals surface area contributed by atoms with Crippen molar-refractivity contribution in [2.24, 2.45) is 0 Å². The molecule has 2 nitrogen and oxygen atoms in total. The molecule has 0 aromatic heterocycles. The monoisotopic (exact) mass is 481 g/mol. The van der Waals surface area contributed by atoms with Crippen LogP contribution in [0.2, 0.25) is 0 Å². The van der Waals surface area contributed by atoms with E-state index in [0.717, 1.165) is 11.5 Å². The third kappa shape index (κ3) is 3.21. The van der Waals surface area contributed by atoms with Crippen molar-refractivity contribution in [3.8, 4) is 11.5 Å². The number of ether oxygens (including phenoxy) is 1. The highest BCUT2D eigenvalue weighted by Crippen LogP contribution is 2.46. The Morgan fingerprint density at radius 1 is 0.583 bits per heavy atom. The van der Waals surface area contributed by atoms with Crippen molar-refractivity contribution in [1.29, 1.82) is 0 Å². The molecule has 2 aliphatic heterocycles. The summed E-state index contributed by atoms with van der Waals surface area (Å²) in [6.45, 7) is 4.53. The van der Waals surface area contributed by atoms with Crippen molar-refractivity contribution in [1.82, 2.24) is 0 Å². The van der Waals surface area contributed by atoms with E-state index in [1.165, 1.54) is 54.4 Å². The molecule has 0 fully saturated rings. The maximum atomic E-state index is 6.36. The third-order valence-electron chi connectivity index (χ3n) is 7.27. The Hall–Kier alpha value is -3.89. The molecule has 0 amide bonds. The van der Waals surface area contributed by atoms with Crippen molar-refractivity contribution < 1.29 is 4.74 Å². The van der Waals surface area contributed by atoms with E-state index in [-0.39, 0.29) is 6.71 Å². The Balaban J connectivity index is 1.51. The summed E-state index contributed by atoms with van der Waals surface area (Å²) >= 11 is 1.86. The fourth-order valence-corrected chi connectivity index (χ4v) is 6.84. The highest BCUT2D eigenvalue weighted by atomic mass is 32.2. The predicted molar refractivity (Wildman–Crippen MR) is 152 cm³/mol. The molecule has 0 saturated carbocycles. The molecule has 172 valence electrons. The van der Waals surface area contributed by atoms with Crippen molar-refractivity contribution in [2.75, 3.05) is 4.90 Å². The summed E-state index contributed by atoms with van der Waals surface area (Å²) in [4.78, 5) is 5.01. The number of hydrogen-bond acceptors (Lipinski definition) is 3. The molecule has 0 bridgehead atoms. The summed E-state index contributed by atoms with van der Waals surface area (Å²) in [7, 11) is 0. The molecular formula is C32H24BNOS. The first-order valence-electron chi connectivity index (χ1n) is 12.3. The van der Waals surface area contributed by atoms with Gasteiger partial charge in [0.25, 0.3) is 6.71 Å². The highest BCUT2D eigenvalue weighted by Gasteiger charge is 2.40. The van der Waals surface area contributed by atoms with E-state index in [4.69, 9.17) is 4.74 Å². The molecule has 0 atom stereocenters. The van der Waals surface area contributed by atoms with Crippen molar-refractivity contribution in [3.05, 3.63) is 120 Å². The van der Waals surface area contributed by atoms with Gasteiger partial charge in [0.1, 0.15) is 11.5 Å². The zero-order chi connectivity index (χ0) is 24.2. The van der Waals surface area contributed by atoms with Gasteiger partial charge in [-0.25, -0.2) is 0 Å². The van der Waals surface area contributed by atoms with E-state index >= 15 is 0 Å². The van der Waals surface area contributed by atoms with Gasteiger partial charge in [-0.1, -0.05) is 90.0 Å². The van der Waals surface area contributed by atoms with E-state index in [0.29, 0.717) is 0 Å². The minimum Gasteiger partial charge on any atom is -0.458 e. The fraction of sp³-hybridized carbons (Fsp3) is 0.0625. The lowest BCUT2D eigenvalue weighted by molar-refractivity contribution is 0.486. The summed E-state index contributed by atoms with van der Waals surface area (Å²) in [6.07, 6.45) is 0. The molecule has 0 spiro atoms. The Morgan fingerprint density at radius 2 is 1.17 bits per heavy atom. The Kier molecular flexibility index (Phi) is 4.97. The quantitative estimate of drug-likeness (QED) is 0.256. The van der Waals surface area contributed by atoms with Crippen LogP contribution in [0, 0.1) is 13.8 Å². The molecule has 5 aromatic rings. The van der Waals surface area contributed by atoms with Crippen molar-refractivity contribution >= 4 is 51.9 Å². The van der Waals surface area contributed by atoms with Crippen LogP contribution in [0.15, 0.2) is 119 Å². The molecule has 4 heteroatoms. The molecule has 2 heterocycles. The second-order valence-corrected chi connectivity index (χ2v) is 10.5. The van der Waals surface area contributed by atoms with Gasteiger partial charge in [-0.3, -0.25) is 0 Å². The maximum Gasteiger partial charge on any atom is 0.253 e. The Bertz CT molecular complexity index is 1600. The average Bonchev–Trinajstić information content (AvgIpc) is 2.91. The van der Waals surface area contributed by atoms with Gasteiger partial charge in [0, 0.05) is 21.2 Å². The second kappa shape index (κ2) is 8.36. The molecule has 2 aliphatic rings. The number of anilines is 3. The van der Waals surface area contributed by atoms with Gasteiger partial charge in [-0.15, -0.1) is 0 Å². The maximum absolute atomic E-state index is 6.36. The standard InChI is InChI=1S/C32H24BNOS/c1-21-11-3-6-15-25(21)34(26-16-7-4-12-22(26)2)27-17-9-14-24-32(27)36-30-20-10-19-29-31(30)33(24)23-13-5-8-18-28(23)35-29/h3-20H,1-2H3. The summed E-state index contributed by atoms with van der Waals surface area (Å²) in [5.74, 6) is 1.92. The van der Waals surface area contributed by atoms with Gasteiger partial charge in [0.15, 0.2) is 0 Å². The van der Waals surface area contributed by atoms with Crippen LogP contribution in [-0.4, -0.2) is 6.71 Å². The second-order valence-electron chi connectivity index (χ2n) is 9.45. The van der Waals surface area contributed by atoms with Gasteiger partial charge >= 0.3 is 0 Å². The summed E-state index contributed by atoms with van der Waals surface area (Å²) in [5.41, 5.74) is 9.96. The van der Waals surface area contributed by atoms with E-state index in [1.807, 2.05) is 11.8 Å². The largest absolute Gasteiger partial charge is 0.458 e. The van der Waals surface area contributed by atoms with Crippen LogP contribution >= 0.6 is 11.8 Å². The van der Waals surface area contributed by atoms with E-state index in [2.05, 4.69) is 128 Å². The van der Waals surface area contributed by atoms with Crippen LogP contribution in [0.25, 0.3) is 0 Å². The van der Waals surface area contributed by atoms with Gasteiger partial charge in [-0.2, -0.15) is 0 Å². The zero-order valence-electron chi connectivity index (χ0n) is 20.2. The van der Waals surface area contributed by atoms with Crippen LogP contribution in [0.1, 0.15) is 11.1 Å². The number of fused-ring (bicyclic) bond motifs is 4. The van der Waals surface area contributed by atoms with E-state index in [1.54, 1.807) is 0 Å². The summed E-state index contributed by atoms with van der Waals surface area (Å²) in [6, 6.07) is 39.0. The van der Waals surface area contributed by atoms with Crippen molar-refractivity contribution in [2.45, 2.75) is 23.6 Å². The van der Waals surface area contributed by atoms with Gasteiger partial charge in [0.2, 0.25) is 0 Å². The number of aryl methyl sites for hydroxylation is 2. The smallest absolute Gasteiger partial charge is 0.253 e.